The summed E-state index contributed by atoms with van der Waals surface area (Å²) in [6.45, 7) is 9.19. The minimum Gasteiger partial charge on any atom is -0.444 e. The quantitative estimate of drug-likeness (QED) is 0.332. The zero-order valence-corrected chi connectivity index (χ0v) is 25.2. The molecule has 3 amide bonds. The topological polar surface area (TPSA) is 87.7 Å². The van der Waals surface area contributed by atoms with Crippen LogP contribution in [0.4, 0.5) is 10.5 Å². The Balaban J connectivity index is 2.03. The molecule has 2 unspecified atom stereocenters. The lowest BCUT2D eigenvalue weighted by Gasteiger charge is -2.43. The van der Waals surface area contributed by atoms with Crippen LogP contribution in [0.1, 0.15) is 69.2 Å². The van der Waals surface area contributed by atoms with Gasteiger partial charge in [0, 0.05) is 6.04 Å². The highest BCUT2D eigenvalue weighted by molar-refractivity contribution is 7.98. The molecule has 9 heteroatoms. The van der Waals surface area contributed by atoms with Crippen molar-refractivity contribution in [3.05, 3.63) is 64.2 Å². The van der Waals surface area contributed by atoms with E-state index in [0.29, 0.717) is 28.4 Å². The summed E-state index contributed by atoms with van der Waals surface area (Å²) in [7, 11) is 0. The largest absolute Gasteiger partial charge is 0.444 e. The molecule has 1 saturated carbocycles. The van der Waals surface area contributed by atoms with Gasteiger partial charge < -0.3 is 20.3 Å². The van der Waals surface area contributed by atoms with Crippen molar-refractivity contribution in [3.63, 3.8) is 0 Å². The van der Waals surface area contributed by atoms with Crippen molar-refractivity contribution in [1.82, 2.24) is 10.2 Å². The van der Waals surface area contributed by atoms with Crippen LogP contribution >= 0.6 is 23.4 Å². The summed E-state index contributed by atoms with van der Waals surface area (Å²) >= 11 is 8.04. The standard InChI is InChI=1S/C30H40ClN3O4S/c1-19-13-15-21(16-14-19)26(27(35)33-25-20(2)9-7-12-23(25)31)34(22-10-8-11-22)28(36)24(17-18-39-6)32-29(37)38-30(3,4)5/h7,9,12-16,22,24,26H,8,10-11,17-18H2,1-6H3,(H,32,37)(H,33,35). The summed E-state index contributed by atoms with van der Waals surface area (Å²) in [6, 6.07) is 11.2. The summed E-state index contributed by atoms with van der Waals surface area (Å²) in [5, 5.41) is 6.23. The molecule has 0 aromatic heterocycles. The molecule has 7 nitrogen and oxygen atoms in total. The minimum atomic E-state index is -0.906. The molecule has 1 fully saturated rings. The second-order valence-corrected chi connectivity index (χ2v) is 12.4. The molecule has 212 valence electrons. The lowest BCUT2D eigenvalue weighted by molar-refractivity contribution is -0.145. The Labute approximate surface area is 241 Å². The minimum absolute atomic E-state index is 0.126. The number of amides is 3. The SMILES string of the molecule is CSCCC(NC(=O)OC(C)(C)C)C(=O)N(C1CCC1)C(C(=O)Nc1c(C)cccc1Cl)c1ccc(C)cc1. The second kappa shape index (κ2) is 13.6. The van der Waals surface area contributed by atoms with Crippen LogP contribution in [-0.4, -0.2) is 52.5 Å². The fraction of sp³-hybridized carbons (Fsp3) is 0.500. The number of alkyl carbamates (subject to hydrolysis) is 1. The third kappa shape index (κ3) is 8.39. The number of carbonyl (C=O) groups is 3. The van der Waals surface area contributed by atoms with Crippen molar-refractivity contribution in [2.75, 3.05) is 17.3 Å². The van der Waals surface area contributed by atoms with Crippen LogP contribution in [0.2, 0.25) is 5.02 Å². The first-order chi connectivity index (χ1) is 18.4. The number of hydrogen-bond donors (Lipinski definition) is 2. The first-order valence-electron chi connectivity index (χ1n) is 13.3. The number of hydrogen-bond acceptors (Lipinski definition) is 5. The summed E-state index contributed by atoms with van der Waals surface area (Å²) in [4.78, 5) is 42.8. The zero-order chi connectivity index (χ0) is 28.7. The Morgan fingerprint density at radius 3 is 2.31 bits per heavy atom. The van der Waals surface area contributed by atoms with Crippen molar-refractivity contribution >= 4 is 47.0 Å². The molecule has 39 heavy (non-hydrogen) atoms. The van der Waals surface area contributed by atoms with Crippen LogP contribution in [0.25, 0.3) is 0 Å². The van der Waals surface area contributed by atoms with E-state index in [9.17, 15) is 14.4 Å². The summed E-state index contributed by atoms with van der Waals surface area (Å²) < 4.78 is 5.47. The Kier molecular flexibility index (Phi) is 10.7. The first-order valence-corrected chi connectivity index (χ1v) is 15.1. The van der Waals surface area contributed by atoms with E-state index < -0.39 is 23.8 Å². The van der Waals surface area contributed by atoms with Crippen LogP contribution in [0, 0.1) is 13.8 Å². The van der Waals surface area contributed by atoms with Crippen LogP contribution in [-0.2, 0) is 14.3 Å². The lowest BCUT2D eigenvalue weighted by atomic mass is 9.87. The van der Waals surface area contributed by atoms with Gasteiger partial charge in [0.1, 0.15) is 17.7 Å². The van der Waals surface area contributed by atoms with Crippen molar-refractivity contribution in [2.45, 2.75) is 84.0 Å². The molecule has 0 aliphatic heterocycles. The number of halogens is 1. The summed E-state index contributed by atoms with van der Waals surface area (Å²) in [6.07, 6.45) is 4.25. The van der Waals surface area contributed by atoms with Gasteiger partial charge in [0.25, 0.3) is 5.91 Å². The highest BCUT2D eigenvalue weighted by Gasteiger charge is 2.42. The predicted octanol–water partition coefficient (Wildman–Crippen LogP) is 6.66. The lowest BCUT2D eigenvalue weighted by Crippen LogP contribution is -2.57. The molecule has 0 radical (unpaired) electrons. The highest BCUT2D eigenvalue weighted by Crippen LogP contribution is 2.36. The van der Waals surface area contributed by atoms with Gasteiger partial charge in [-0.15, -0.1) is 0 Å². The first kappa shape index (κ1) is 30.8. The van der Waals surface area contributed by atoms with E-state index in [1.807, 2.05) is 56.5 Å². The normalized spacial score (nSPS) is 15.1. The van der Waals surface area contributed by atoms with Crippen molar-refractivity contribution in [1.29, 1.82) is 0 Å². The molecular weight excluding hydrogens is 534 g/mol. The van der Waals surface area contributed by atoms with Crippen LogP contribution < -0.4 is 10.6 Å². The molecule has 0 spiro atoms. The summed E-state index contributed by atoms with van der Waals surface area (Å²) in [5.74, 6) is 0.0117. The van der Waals surface area contributed by atoms with E-state index in [-0.39, 0.29) is 17.9 Å². The van der Waals surface area contributed by atoms with Crippen molar-refractivity contribution in [3.8, 4) is 0 Å². The number of benzene rings is 2. The molecule has 2 atom stereocenters. The number of nitrogens with zero attached hydrogens (tertiary/aromatic N) is 1. The summed E-state index contributed by atoms with van der Waals surface area (Å²) in [5.41, 5.74) is 2.38. The molecule has 2 aromatic rings. The van der Waals surface area contributed by atoms with Gasteiger partial charge >= 0.3 is 6.09 Å². The molecule has 1 aliphatic rings. The fourth-order valence-corrected chi connectivity index (χ4v) is 5.22. The maximum Gasteiger partial charge on any atom is 0.408 e. The second-order valence-electron chi connectivity index (χ2n) is 11.0. The molecule has 2 N–H and O–H groups in total. The predicted molar refractivity (Wildman–Crippen MR) is 159 cm³/mol. The Morgan fingerprint density at radius 1 is 1.10 bits per heavy atom. The van der Waals surface area contributed by atoms with Crippen molar-refractivity contribution in [2.24, 2.45) is 0 Å². The third-order valence-corrected chi connectivity index (χ3v) is 7.67. The van der Waals surface area contributed by atoms with Gasteiger partial charge in [0.05, 0.1) is 10.7 Å². The number of para-hydroxylation sites is 1. The third-order valence-electron chi connectivity index (χ3n) is 6.71. The number of rotatable bonds is 10. The monoisotopic (exact) mass is 573 g/mol. The Bertz CT molecular complexity index is 1140. The number of ether oxygens (including phenoxy) is 1. The number of aryl methyl sites for hydroxylation is 2. The number of anilines is 1. The fourth-order valence-electron chi connectivity index (χ4n) is 4.47. The van der Waals surface area contributed by atoms with E-state index in [0.717, 1.165) is 30.4 Å². The molecule has 0 heterocycles. The average Bonchev–Trinajstić information content (AvgIpc) is 2.82. The smallest absolute Gasteiger partial charge is 0.408 e. The average molecular weight is 574 g/mol. The molecular formula is C30H40ClN3O4S. The maximum atomic E-state index is 14.3. The molecule has 0 bridgehead atoms. The van der Waals surface area contributed by atoms with Gasteiger partial charge in [-0.2, -0.15) is 11.8 Å². The van der Waals surface area contributed by atoms with Gasteiger partial charge in [-0.3, -0.25) is 9.59 Å². The van der Waals surface area contributed by atoms with Crippen LogP contribution in [0.3, 0.4) is 0 Å². The number of nitrogens with one attached hydrogen (secondary N) is 2. The van der Waals surface area contributed by atoms with E-state index >= 15 is 0 Å². The number of carbonyl (C=O) groups excluding carboxylic acids is 3. The maximum absolute atomic E-state index is 14.3. The van der Waals surface area contributed by atoms with Crippen LogP contribution in [0.15, 0.2) is 42.5 Å². The van der Waals surface area contributed by atoms with Gasteiger partial charge in [-0.1, -0.05) is 53.6 Å². The van der Waals surface area contributed by atoms with Gasteiger partial charge in [-0.05, 0) is 89.5 Å². The van der Waals surface area contributed by atoms with E-state index in [1.165, 1.54) is 0 Å². The molecule has 1 aliphatic carbocycles. The zero-order valence-electron chi connectivity index (χ0n) is 23.7. The Morgan fingerprint density at radius 2 is 1.77 bits per heavy atom. The van der Waals surface area contributed by atoms with E-state index in [1.54, 1.807) is 43.5 Å². The van der Waals surface area contributed by atoms with E-state index in [4.69, 9.17) is 16.3 Å². The molecule has 0 saturated heterocycles. The number of thioether (sulfide) groups is 1. The van der Waals surface area contributed by atoms with Gasteiger partial charge in [0.2, 0.25) is 5.91 Å². The highest BCUT2D eigenvalue weighted by atomic mass is 35.5. The Hall–Kier alpha value is -2.71. The van der Waals surface area contributed by atoms with Crippen molar-refractivity contribution < 1.29 is 19.1 Å². The molecule has 3 rings (SSSR count). The van der Waals surface area contributed by atoms with Gasteiger partial charge in [-0.25, -0.2) is 4.79 Å². The van der Waals surface area contributed by atoms with Crippen LogP contribution in [0.5, 0.6) is 0 Å². The van der Waals surface area contributed by atoms with Gasteiger partial charge in [0.15, 0.2) is 0 Å². The van der Waals surface area contributed by atoms with E-state index in [2.05, 4.69) is 10.6 Å². The molecule has 2 aromatic carbocycles.